The van der Waals surface area contributed by atoms with Crippen LogP contribution < -0.4 is 5.32 Å². The number of carbonyl (C=O) groups excluding carboxylic acids is 1. The van der Waals surface area contributed by atoms with Crippen molar-refractivity contribution in [2.45, 2.75) is 41.2 Å². The van der Waals surface area contributed by atoms with E-state index in [9.17, 15) is 4.79 Å². The Kier molecular flexibility index (Phi) is 7.32. The van der Waals surface area contributed by atoms with Crippen LogP contribution in [0.3, 0.4) is 0 Å². The summed E-state index contributed by atoms with van der Waals surface area (Å²) in [6.45, 7) is 6.67. The second-order valence-electron chi connectivity index (χ2n) is 5.13. The van der Waals surface area contributed by atoms with E-state index in [1.54, 1.807) is 35.5 Å². The molecule has 0 aliphatic carbocycles. The van der Waals surface area contributed by atoms with Crippen LogP contribution in [-0.4, -0.2) is 32.1 Å². The molecule has 2 heterocycles. The molecule has 2 rings (SSSR count). The van der Waals surface area contributed by atoms with E-state index in [0.717, 1.165) is 20.0 Å². The third-order valence-electron chi connectivity index (χ3n) is 2.94. The van der Waals surface area contributed by atoms with Gasteiger partial charge >= 0.3 is 0 Å². The summed E-state index contributed by atoms with van der Waals surface area (Å²) in [7, 11) is 0. The lowest BCUT2D eigenvalue weighted by Gasteiger charge is -2.18. The third kappa shape index (κ3) is 5.78. The van der Waals surface area contributed by atoms with Gasteiger partial charge in [-0.3, -0.25) is 9.78 Å². The second kappa shape index (κ2) is 9.24. The lowest BCUT2D eigenvalue weighted by molar-refractivity contribution is -0.121. The highest BCUT2D eigenvalue weighted by Gasteiger charge is 2.25. The molecule has 1 unspecified atom stereocenters. The van der Waals surface area contributed by atoms with Gasteiger partial charge in [0.05, 0.1) is 5.25 Å². The van der Waals surface area contributed by atoms with Gasteiger partial charge in [-0.05, 0) is 23.3 Å². The Morgan fingerprint density at radius 1 is 1.35 bits per heavy atom. The molecular weight excluding hydrogens is 348 g/mol. The predicted octanol–water partition coefficient (Wildman–Crippen LogP) is 3.48. The molecule has 1 atom stereocenters. The molecule has 23 heavy (non-hydrogen) atoms. The van der Waals surface area contributed by atoms with Gasteiger partial charge in [0.25, 0.3) is 0 Å². The number of thioether (sulfide) groups is 2. The molecule has 1 N–H and O–H groups in total. The topological polar surface area (TPSA) is 67.8 Å². The Hall–Kier alpha value is -1.12. The minimum Gasteiger partial charge on any atom is -0.351 e. The molecule has 0 saturated carbocycles. The van der Waals surface area contributed by atoms with Crippen molar-refractivity contribution < 1.29 is 4.79 Å². The minimum absolute atomic E-state index is 0.0220. The second-order valence-corrected chi connectivity index (χ2v) is 9.01. The van der Waals surface area contributed by atoms with E-state index in [0.29, 0.717) is 6.54 Å². The summed E-state index contributed by atoms with van der Waals surface area (Å²) in [6, 6.07) is 3.81. The van der Waals surface area contributed by atoms with Crippen molar-refractivity contribution in [3.63, 3.8) is 0 Å². The summed E-state index contributed by atoms with van der Waals surface area (Å²) < 4.78 is 1.80. The summed E-state index contributed by atoms with van der Waals surface area (Å²) in [4.78, 5) is 16.5. The van der Waals surface area contributed by atoms with Gasteiger partial charge < -0.3 is 5.32 Å². The number of pyridine rings is 1. The largest absolute Gasteiger partial charge is 0.351 e. The first-order chi connectivity index (χ1) is 11.1. The van der Waals surface area contributed by atoms with Crippen LogP contribution in [0.25, 0.3) is 0 Å². The first-order valence-electron chi connectivity index (χ1n) is 7.39. The number of amides is 1. The molecule has 0 saturated heterocycles. The number of rotatable bonds is 8. The quantitative estimate of drug-likeness (QED) is 0.720. The molecule has 0 aromatic carbocycles. The summed E-state index contributed by atoms with van der Waals surface area (Å²) in [5.41, 5.74) is 0.992. The minimum atomic E-state index is -0.181. The first kappa shape index (κ1) is 18.2. The van der Waals surface area contributed by atoms with Gasteiger partial charge in [0.2, 0.25) is 5.91 Å². The van der Waals surface area contributed by atoms with Crippen molar-refractivity contribution in [2.75, 3.05) is 5.75 Å². The monoisotopic (exact) mass is 368 g/mol. The van der Waals surface area contributed by atoms with Crippen LogP contribution in [0.15, 0.2) is 33.2 Å². The highest BCUT2D eigenvalue weighted by Crippen LogP contribution is 2.33. The fourth-order valence-electron chi connectivity index (χ4n) is 1.82. The molecule has 124 valence electrons. The maximum Gasteiger partial charge on any atom is 0.234 e. The molecule has 0 radical (unpaired) electrons. The Balaban J connectivity index is 1.95. The van der Waals surface area contributed by atoms with E-state index >= 15 is 0 Å². The first-order valence-corrected chi connectivity index (χ1v) is 10.1. The average Bonchev–Trinajstić information content (AvgIpc) is 2.99. The molecule has 1 amide bonds. The Morgan fingerprint density at radius 2 is 2.13 bits per heavy atom. The standard InChI is InChI=1S/C15H20N4OS3/c1-4-21-14-18-19-15(23-14)22-12(10(2)3)13(20)17-9-11-6-5-7-16-8-11/h5-8,10,12H,4,9H2,1-3H3,(H,17,20). The molecule has 2 aromatic rings. The average molecular weight is 369 g/mol. The Bertz CT molecular complexity index is 618. The molecule has 0 spiro atoms. The van der Waals surface area contributed by atoms with Crippen LogP contribution in [0.5, 0.6) is 0 Å². The predicted molar refractivity (Wildman–Crippen MR) is 96.9 cm³/mol. The molecule has 8 heteroatoms. The maximum absolute atomic E-state index is 12.5. The molecule has 0 aliphatic heterocycles. The van der Waals surface area contributed by atoms with E-state index in [4.69, 9.17) is 0 Å². The van der Waals surface area contributed by atoms with Crippen LogP contribution in [0, 0.1) is 5.92 Å². The van der Waals surface area contributed by atoms with Gasteiger partial charge in [0.15, 0.2) is 8.68 Å². The van der Waals surface area contributed by atoms with Crippen molar-refractivity contribution in [3.05, 3.63) is 30.1 Å². The molecule has 0 aliphatic rings. The van der Waals surface area contributed by atoms with Gasteiger partial charge in [-0.2, -0.15) is 0 Å². The van der Waals surface area contributed by atoms with Crippen molar-refractivity contribution in [1.29, 1.82) is 0 Å². The fourth-order valence-corrected chi connectivity index (χ4v) is 4.97. The van der Waals surface area contributed by atoms with Gasteiger partial charge in [0, 0.05) is 18.9 Å². The van der Waals surface area contributed by atoms with Crippen LogP contribution >= 0.6 is 34.9 Å². The fraction of sp³-hybridized carbons (Fsp3) is 0.467. The zero-order valence-electron chi connectivity index (χ0n) is 13.4. The third-order valence-corrected chi connectivity index (χ3v) is 6.50. The van der Waals surface area contributed by atoms with E-state index in [2.05, 4.69) is 27.4 Å². The summed E-state index contributed by atoms with van der Waals surface area (Å²) in [5, 5.41) is 11.1. The number of carbonyl (C=O) groups is 1. The molecule has 2 aromatic heterocycles. The number of aromatic nitrogens is 3. The van der Waals surface area contributed by atoms with Crippen molar-refractivity contribution >= 4 is 40.8 Å². The van der Waals surface area contributed by atoms with E-state index < -0.39 is 0 Å². The molecular formula is C15H20N4OS3. The van der Waals surface area contributed by atoms with E-state index in [1.807, 2.05) is 26.0 Å². The van der Waals surface area contributed by atoms with E-state index in [1.165, 1.54) is 11.8 Å². The smallest absolute Gasteiger partial charge is 0.234 e. The SMILES string of the molecule is CCSc1nnc(SC(C(=O)NCc2cccnc2)C(C)C)s1. The summed E-state index contributed by atoms with van der Waals surface area (Å²) in [5.74, 6) is 1.20. The molecule has 0 bridgehead atoms. The van der Waals surface area contributed by atoms with Gasteiger partial charge in [0.1, 0.15) is 0 Å². The zero-order valence-corrected chi connectivity index (χ0v) is 15.8. The zero-order chi connectivity index (χ0) is 16.7. The van der Waals surface area contributed by atoms with Gasteiger partial charge in [-0.25, -0.2) is 0 Å². The lowest BCUT2D eigenvalue weighted by Crippen LogP contribution is -2.35. The molecule has 0 fully saturated rings. The van der Waals surface area contributed by atoms with Crippen LogP contribution in [0.4, 0.5) is 0 Å². The Morgan fingerprint density at radius 3 is 2.78 bits per heavy atom. The Labute approximate surface area is 149 Å². The van der Waals surface area contributed by atoms with Crippen LogP contribution in [-0.2, 0) is 11.3 Å². The highest BCUT2D eigenvalue weighted by molar-refractivity contribution is 8.03. The van der Waals surface area contributed by atoms with Crippen molar-refractivity contribution in [2.24, 2.45) is 5.92 Å². The van der Waals surface area contributed by atoms with Gasteiger partial charge in [-0.1, -0.05) is 61.7 Å². The van der Waals surface area contributed by atoms with Crippen molar-refractivity contribution in [1.82, 2.24) is 20.5 Å². The van der Waals surface area contributed by atoms with Crippen LogP contribution in [0.1, 0.15) is 26.3 Å². The number of nitrogens with one attached hydrogen (secondary N) is 1. The molecule has 5 nitrogen and oxygen atoms in total. The van der Waals surface area contributed by atoms with Crippen molar-refractivity contribution in [3.8, 4) is 0 Å². The van der Waals surface area contributed by atoms with E-state index in [-0.39, 0.29) is 17.1 Å². The van der Waals surface area contributed by atoms with Gasteiger partial charge in [-0.15, -0.1) is 10.2 Å². The van der Waals surface area contributed by atoms with Crippen LogP contribution in [0.2, 0.25) is 0 Å². The lowest BCUT2D eigenvalue weighted by atomic mass is 10.1. The summed E-state index contributed by atoms with van der Waals surface area (Å²) in [6.07, 6.45) is 3.48. The number of hydrogen-bond acceptors (Lipinski definition) is 7. The maximum atomic E-state index is 12.5. The summed E-state index contributed by atoms with van der Waals surface area (Å²) >= 11 is 4.71. The highest BCUT2D eigenvalue weighted by atomic mass is 32.2. The number of hydrogen-bond donors (Lipinski definition) is 1. The normalized spacial score (nSPS) is 12.3. The number of nitrogens with zero attached hydrogens (tertiary/aromatic N) is 3.